The van der Waals surface area contributed by atoms with Crippen LogP contribution in [0, 0.1) is 5.92 Å². The average Bonchev–Trinajstić information content (AvgIpc) is 2.33. The molecular formula is C11H18BrN5. The molecule has 5 nitrogen and oxygen atoms in total. The molecule has 2 atom stereocenters. The first-order valence-corrected chi connectivity index (χ1v) is 6.67. The van der Waals surface area contributed by atoms with E-state index in [0.29, 0.717) is 17.9 Å². The van der Waals surface area contributed by atoms with Crippen molar-refractivity contribution in [3.05, 3.63) is 10.7 Å². The number of hydrogen-bond donors (Lipinski definition) is 2. The smallest absolute Gasteiger partial charge is 0.239 e. The van der Waals surface area contributed by atoms with Crippen LogP contribution in [0.2, 0.25) is 0 Å². The van der Waals surface area contributed by atoms with E-state index < -0.39 is 0 Å². The van der Waals surface area contributed by atoms with Gasteiger partial charge in [0.2, 0.25) is 5.95 Å². The summed E-state index contributed by atoms with van der Waals surface area (Å²) in [5.74, 6) is 7.42. The van der Waals surface area contributed by atoms with Gasteiger partial charge >= 0.3 is 0 Å². The van der Waals surface area contributed by atoms with Gasteiger partial charge in [0.1, 0.15) is 5.82 Å². The molecule has 0 amide bonds. The van der Waals surface area contributed by atoms with Gasteiger partial charge in [0, 0.05) is 18.8 Å². The van der Waals surface area contributed by atoms with Gasteiger partial charge in [0.15, 0.2) is 0 Å². The lowest BCUT2D eigenvalue weighted by Crippen LogP contribution is -2.42. The van der Waals surface area contributed by atoms with Crippen molar-refractivity contribution in [1.82, 2.24) is 9.97 Å². The Kier molecular flexibility index (Phi) is 3.83. The summed E-state index contributed by atoms with van der Waals surface area (Å²) in [5.41, 5.74) is 2.49. The molecule has 0 aliphatic carbocycles. The van der Waals surface area contributed by atoms with Crippen LogP contribution in [0.15, 0.2) is 10.7 Å². The Hall–Kier alpha value is -0.880. The summed E-state index contributed by atoms with van der Waals surface area (Å²) in [7, 11) is 0. The maximum atomic E-state index is 5.35. The van der Waals surface area contributed by atoms with E-state index in [0.717, 1.165) is 16.8 Å². The number of nitrogens with one attached hydrogen (secondary N) is 1. The van der Waals surface area contributed by atoms with Crippen LogP contribution in [0.25, 0.3) is 0 Å². The summed E-state index contributed by atoms with van der Waals surface area (Å²) in [5, 5.41) is 0. The number of nitrogens with zero attached hydrogens (tertiary/aromatic N) is 3. The zero-order valence-electron chi connectivity index (χ0n) is 10.2. The van der Waals surface area contributed by atoms with Gasteiger partial charge in [0.05, 0.1) is 4.47 Å². The molecule has 1 aliphatic heterocycles. The summed E-state index contributed by atoms with van der Waals surface area (Å²) < 4.78 is 0.914. The first-order chi connectivity index (χ1) is 8.11. The highest BCUT2D eigenvalue weighted by Gasteiger charge is 2.25. The predicted octanol–water partition coefficient (Wildman–Crippen LogP) is 2.15. The van der Waals surface area contributed by atoms with Crippen molar-refractivity contribution in [2.45, 2.75) is 32.7 Å². The van der Waals surface area contributed by atoms with Crippen LogP contribution in [-0.2, 0) is 0 Å². The zero-order chi connectivity index (χ0) is 12.4. The topological polar surface area (TPSA) is 67.1 Å². The zero-order valence-corrected chi connectivity index (χ0v) is 11.7. The van der Waals surface area contributed by atoms with Crippen molar-refractivity contribution in [1.29, 1.82) is 0 Å². The predicted molar refractivity (Wildman–Crippen MR) is 72.7 cm³/mol. The molecule has 3 N–H and O–H groups in total. The van der Waals surface area contributed by atoms with Crippen molar-refractivity contribution in [3.8, 4) is 0 Å². The maximum absolute atomic E-state index is 5.35. The molecule has 1 aromatic rings. The third kappa shape index (κ3) is 2.69. The van der Waals surface area contributed by atoms with Gasteiger partial charge in [-0.15, -0.1) is 0 Å². The van der Waals surface area contributed by atoms with Crippen molar-refractivity contribution < 1.29 is 0 Å². The number of hydrazine groups is 1. The Morgan fingerprint density at radius 1 is 1.47 bits per heavy atom. The highest BCUT2D eigenvalue weighted by Crippen LogP contribution is 2.31. The largest absolute Gasteiger partial charge is 0.353 e. The molecule has 0 spiro atoms. The standard InChI is InChI=1S/C11H18BrN5/c1-7-3-4-8(2)17(6-7)10-9(12)5-14-11(15-10)16-13/h5,7-8H,3-4,6,13H2,1-2H3,(H,14,15,16). The van der Waals surface area contributed by atoms with E-state index in [2.05, 4.69) is 50.1 Å². The van der Waals surface area contributed by atoms with Crippen LogP contribution in [0.1, 0.15) is 26.7 Å². The molecule has 0 bridgehead atoms. The summed E-state index contributed by atoms with van der Waals surface area (Å²) in [6.07, 6.45) is 4.22. The van der Waals surface area contributed by atoms with Gasteiger partial charge < -0.3 is 4.90 Å². The van der Waals surface area contributed by atoms with Crippen LogP contribution < -0.4 is 16.2 Å². The fraction of sp³-hybridized carbons (Fsp3) is 0.636. The van der Waals surface area contributed by atoms with E-state index in [9.17, 15) is 0 Å². The van der Waals surface area contributed by atoms with Crippen LogP contribution in [0.3, 0.4) is 0 Å². The quantitative estimate of drug-likeness (QED) is 0.647. The molecule has 1 fully saturated rings. The normalized spacial score (nSPS) is 24.8. The van der Waals surface area contributed by atoms with Crippen molar-refractivity contribution in [2.75, 3.05) is 16.9 Å². The molecular weight excluding hydrogens is 282 g/mol. The van der Waals surface area contributed by atoms with Crippen molar-refractivity contribution in [2.24, 2.45) is 11.8 Å². The monoisotopic (exact) mass is 299 g/mol. The third-order valence-electron chi connectivity index (χ3n) is 3.24. The Labute approximate surface area is 110 Å². The molecule has 94 valence electrons. The number of rotatable bonds is 2. The first kappa shape index (κ1) is 12.6. The first-order valence-electron chi connectivity index (χ1n) is 5.87. The van der Waals surface area contributed by atoms with Crippen LogP contribution in [-0.4, -0.2) is 22.6 Å². The minimum Gasteiger partial charge on any atom is -0.353 e. The third-order valence-corrected chi connectivity index (χ3v) is 3.80. The molecule has 0 saturated carbocycles. The second kappa shape index (κ2) is 5.18. The second-order valence-corrected chi connectivity index (χ2v) is 5.55. The van der Waals surface area contributed by atoms with Crippen LogP contribution in [0.5, 0.6) is 0 Å². The maximum Gasteiger partial charge on any atom is 0.239 e. The molecule has 1 aromatic heterocycles. The molecule has 1 saturated heterocycles. The number of anilines is 2. The average molecular weight is 300 g/mol. The van der Waals surface area contributed by atoms with E-state index in [4.69, 9.17) is 5.84 Å². The fourth-order valence-corrected chi connectivity index (χ4v) is 2.63. The number of piperidine rings is 1. The lowest BCUT2D eigenvalue weighted by atomic mass is 9.95. The van der Waals surface area contributed by atoms with Crippen LogP contribution >= 0.6 is 15.9 Å². The highest BCUT2D eigenvalue weighted by atomic mass is 79.9. The second-order valence-electron chi connectivity index (χ2n) is 4.69. The Morgan fingerprint density at radius 3 is 2.94 bits per heavy atom. The van der Waals surface area contributed by atoms with Gasteiger partial charge in [-0.1, -0.05) is 6.92 Å². The summed E-state index contributed by atoms with van der Waals surface area (Å²) in [6.45, 7) is 5.53. The van der Waals surface area contributed by atoms with Crippen LogP contribution in [0.4, 0.5) is 11.8 Å². The minimum atomic E-state index is 0.452. The number of nitrogens with two attached hydrogens (primary N) is 1. The fourth-order valence-electron chi connectivity index (χ4n) is 2.21. The Balaban J connectivity index is 2.30. The van der Waals surface area contributed by atoms with E-state index >= 15 is 0 Å². The van der Waals surface area contributed by atoms with E-state index in [1.807, 2.05) is 0 Å². The van der Waals surface area contributed by atoms with E-state index in [1.54, 1.807) is 6.20 Å². The van der Waals surface area contributed by atoms with Gasteiger partial charge in [-0.05, 0) is 41.6 Å². The van der Waals surface area contributed by atoms with Crippen molar-refractivity contribution in [3.63, 3.8) is 0 Å². The van der Waals surface area contributed by atoms with E-state index in [1.165, 1.54) is 12.8 Å². The van der Waals surface area contributed by atoms with Gasteiger partial charge in [-0.2, -0.15) is 4.98 Å². The Morgan fingerprint density at radius 2 is 2.24 bits per heavy atom. The molecule has 0 aromatic carbocycles. The molecule has 17 heavy (non-hydrogen) atoms. The molecule has 0 radical (unpaired) electrons. The van der Waals surface area contributed by atoms with Gasteiger partial charge in [0.25, 0.3) is 0 Å². The van der Waals surface area contributed by atoms with E-state index in [-0.39, 0.29) is 0 Å². The minimum absolute atomic E-state index is 0.452. The molecule has 2 heterocycles. The summed E-state index contributed by atoms with van der Waals surface area (Å²) >= 11 is 3.51. The van der Waals surface area contributed by atoms with Gasteiger partial charge in [-0.3, -0.25) is 5.43 Å². The lowest BCUT2D eigenvalue weighted by Gasteiger charge is -2.38. The lowest BCUT2D eigenvalue weighted by molar-refractivity contribution is 0.387. The molecule has 2 unspecified atom stereocenters. The summed E-state index contributed by atoms with van der Waals surface area (Å²) in [4.78, 5) is 10.8. The molecule has 6 heteroatoms. The number of hydrogen-bond acceptors (Lipinski definition) is 5. The summed E-state index contributed by atoms with van der Waals surface area (Å²) in [6, 6.07) is 0.503. The molecule has 2 rings (SSSR count). The van der Waals surface area contributed by atoms with Gasteiger partial charge in [-0.25, -0.2) is 10.8 Å². The Bertz CT molecular complexity index is 397. The number of nitrogen functional groups attached to an aromatic ring is 1. The number of aromatic nitrogens is 2. The van der Waals surface area contributed by atoms with Crippen molar-refractivity contribution >= 4 is 27.7 Å². The number of halogens is 1. The molecule has 1 aliphatic rings. The SMILES string of the molecule is CC1CCC(C)N(c2nc(NN)ncc2Br)C1. The highest BCUT2D eigenvalue weighted by molar-refractivity contribution is 9.10.